The van der Waals surface area contributed by atoms with Gasteiger partial charge in [0, 0.05) is 16.8 Å². The fourth-order valence-corrected chi connectivity index (χ4v) is 2.86. The molecule has 2 nitrogen and oxygen atoms in total. The molecule has 0 amide bonds. The van der Waals surface area contributed by atoms with Crippen LogP contribution in [0.15, 0.2) is 42.5 Å². The summed E-state index contributed by atoms with van der Waals surface area (Å²) < 4.78 is 0. The lowest BCUT2D eigenvalue weighted by molar-refractivity contribution is 0.759. The first-order valence-corrected chi connectivity index (χ1v) is 6.47. The van der Waals surface area contributed by atoms with Crippen molar-refractivity contribution >= 4 is 28.7 Å². The van der Waals surface area contributed by atoms with Gasteiger partial charge in [-0.1, -0.05) is 29.8 Å². The first-order valence-electron chi connectivity index (χ1n) is 6.09. The van der Waals surface area contributed by atoms with Crippen LogP contribution in [-0.4, -0.2) is 6.04 Å². The van der Waals surface area contributed by atoms with Crippen LogP contribution in [0.5, 0.6) is 0 Å². The molecule has 0 saturated carbocycles. The Morgan fingerprint density at radius 3 is 2.72 bits per heavy atom. The van der Waals surface area contributed by atoms with Crippen molar-refractivity contribution < 1.29 is 0 Å². The minimum Gasteiger partial charge on any atom is -0.397 e. The van der Waals surface area contributed by atoms with Gasteiger partial charge in [0.05, 0.1) is 11.4 Å². The van der Waals surface area contributed by atoms with Gasteiger partial charge in [0.25, 0.3) is 0 Å². The van der Waals surface area contributed by atoms with Gasteiger partial charge in [0.1, 0.15) is 0 Å². The van der Waals surface area contributed by atoms with E-state index in [2.05, 4.69) is 36.1 Å². The van der Waals surface area contributed by atoms with E-state index >= 15 is 0 Å². The summed E-state index contributed by atoms with van der Waals surface area (Å²) >= 11 is 5.96. The van der Waals surface area contributed by atoms with Crippen molar-refractivity contribution in [3.05, 3.63) is 53.1 Å². The van der Waals surface area contributed by atoms with Crippen molar-refractivity contribution in [2.45, 2.75) is 19.4 Å². The highest BCUT2D eigenvalue weighted by molar-refractivity contribution is 6.31. The van der Waals surface area contributed by atoms with Crippen molar-refractivity contribution in [1.82, 2.24) is 0 Å². The zero-order chi connectivity index (χ0) is 12.7. The third kappa shape index (κ3) is 1.73. The summed E-state index contributed by atoms with van der Waals surface area (Å²) in [6.45, 7) is 2.22. The Morgan fingerprint density at radius 1 is 1.17 bits per heavy atom. The van der Waals surface area contributed by atoms with Gasteiger partial charge in [-0.25, -0.2) is 0 Å². The zero-order valence-electron chi connectivity index (χ0n) is 10.2. The molecule has 1 aliphatic rings. The second kappa shape index (κ2) is 4.21. The van der Waals surface area contributed by atoms with Gasteiger partial charge in [0.15, 0.2) is 0 Å². The number of fused-ring (bicyclic) bond motifs is 1. The third-order valence-corrected chi connectivity index (χ3v) is 3.69. The smallest absolute Gasteiger partial charge is 0.0648 e. The van der Waals surface area contributed by atoms with Crippen LogP contribution in [0, 0.1) is 0 Å². The Hall–Kier alpha value is -1.67. The molecule has 18 heavy (non-hydrogen) atoms. The quantitative estimate of drug-likeness (QED) is 0.784. The van der Waals surface area contributed by atoms with Crippen LogP contribution in [0.2, 0.25) is 5.02 Å². The largest absolute Gasteiger partial charge is 0.397 e. The zero-order valence-corrected chi connectivity index (χ0v) is 11.0. The number of nitrogens with two attached hydrogens (primary N) is 1. The lowest BCUT2D eigenvalue weighted by Gasteiger charge is -2.26. The number of hydrogen-bond donors (Lipinski definition) is 1. The second-order valence-electron chi connectivity index (χ2n) is 4.75. The Labute approximate surface area is 112 Å². The van der Waals surface area contributed by atoms with E-state index in [1.54, 1.807) is 0 Å². The molecule has 3 rings (SSSR count). The highest BCUT2D eigenvalue weighted by Gasteiger charge is 2.27. The lowest BCUT2D eigenvalue weighted by Crippen LogP contribution is -2.24. The fraction of sp³-hybridized carbons (Fsp3) is 0.200. The van der Waals surface area contributed by atoms with E-state index in [0.717, 1.165) is 17.8 Å². The summed E-state index contributed by atoms with van der Waals surface area (Å²) in [6.07, 6.45) is 1.05. The van der Waals surface area contributed by atoms with E-state index < -0.39 is 0 Å². The SMILES string of the molecule is CC1Cc2ccccc2N1c1ccc(Cl)cc1N. The molecule has 0 spiro atoms. The van der Waals surface area contributed by atoms with Crippen LogP contribution in [0.1, 0.15) is 12.5 Å². The molecule has 0 aromatic heterocycles. The van der Waals surface area contributed by atoms with E-state index in [4.69, 9.17) is 17.3 Å². The first kappa shape index (κ1) is 11.4. The van der Waals surface area contributed by atoms with Gasteiger partial charge in [0.2, 0.25) is 0 Å². The Morgan fingerprint density at radius 2 is 1.94 bits per heavy atom. The van der Waals surface area contributed by atoms with Crippen molar-refractivity contribution in [1.29, 1.82) is 0 Å². The molecule has 0 saturated heterocycles. The van der Waals surface area contributed by atoms with E-state index in [1.807, 2.05) is 18.2 Å². The van der Waals surface area contributed by atoms with E-state index in [0.29, 0.717) is 11.1 Å². The van der Waals surface area contributed by atoms with Crippen molar-refractivity contribution in [3.63, 3.8) is 0 Å². The maximum atomic E-state index is 6.09. The average Bonchev–Trinajstić information content (AvgIpc) is 2.66. The molecule has 3 heteroatoms. The monoisotopic (exact) mass is 258 g/mol. The molecule has 1 aliphatic heterocycles. The van der Waals surface area contributed by atoms with Gasteiger partial charge in [-0.2, -0.15) is 0 Å². The molecule has 2 aromatic rings. The molecule has 92 valence electrons. The standard InChI is InChI=1S/C15H15ClN2/c1-10-8-11-4-2-3-5-14(11)18(10)15-7-6-12(16)9-13(15)17/h2-7,9-10H,8,17H2,1H3. The number of benzene rings is 2. The van der Waals surface area contributed by atoms with Crippen LogP contribution in [0.4, 0.5) is 17.1 Å². The maximum Gasteiger partial charge on any atom is 0.0648 e. The third-order valence-electron chi connectivity index (χ3n) is 3.46. The molecule has 2 N–H and O–H groups in total. The van der Waals surface area contributed by atoms with Crippen LogP contribution in [-0.2, 0) is 6.42 Å². The average molecular weight is 259 g/mol. The number of rotatable bonds is 1. The minimum absolute atomic E-state index is 0.422. The molecular weight excluding hydrogens is 244 g/mol. The van der Waals surface area contributed by atoms with E-state index in [9.17, 15) is 0 Å². The summed E-state index contributed by atoms with van der Waals surface area (Å²) in [5.74, 6) is 0. The van der Waals surface area contributed by atoms with Crippen molar-refractivity contribution in [2.24, 2.45) is 0 Å². The second-order valence-corrected chi connectivity index (χ2v) is 5.19. The number of hydrogen-bond acceptors (Lipinski definition) is 2. The van der Waals surface area contributed by atoms with Crippen LogP contribution >= 0.6 is 11.6 Å². The molecule has 0 aliphatic carbocycles. The minimum atomic E-state index is 0.422. The van der Waals surface area contributed by atoms with Crippen molar-refractivity contribution in [2.75, 3.05) is 10.6 Å². The molecule has 0 bridgehead atoms. The molecular formula is C15H15ClN2. The predicted octanol–water partition coefficient (Wildman–Crippen LogP) is 4.00. The Kier molecular flexibility index (Phi) is 2.67. The van der Waals surface area contributed by atoms with Gasteiger partial charge >= 0.3 is 0 Å². The Balaban J connectivity index is 2.12. The molecule has 1 heterocycles. The summed E-state index contributed by atoms with van der Waals surface area (Å²) in [4.78, 5) is 2.29. The fourth-order valence-electron chi connectivity index (χ4n) is 2.68. The summed E-state index contributed by atoms with van der Waals surface area (Å²) in [6, 6.07) is 14.6. The number of nitrogen functional groups attached to an aromatic ring is 1. The number of anilines is 3. The predicted molar refractivity (Wildman–Crippen MR) is 77.6 cm³/mol. The normalized spacial score (nSPS) is 17.9. The van der Waals surface area contributed by atoms with Crippen LogP contribution in [0.3, 0.4) is 0 Å². The molecule has 1 atom stereocenters. The Bertz CT molecular complexity index is 595. The van der Waals surface area contributed by atoms with Crippen LogP contribution in [0.25, 0.3) is 0 Å². The van der Waals surface area contributed by atoms with Crippen molar-refractivity contribution in [3.8, 4) is 0 Å². The molecule has 0 radical (unpaired) electrons. The summed E-state index contributed by atoms with van der Waals surface area (Å²) in [5, 5.41) is 0.677. The maximum absolute atomic E-state index is 6.09. The highest BCUT2D eigenvalue weighted by Crippen LogP contribution is 2.41. The molecule has 2 aromatic carbocycles. The van der Waals surface area contributed by atoms with E-state index in [1.165, 1.54) is 11.3 Å². The van der Waals surface area contributed by atoms with E-state index in [-0.39, 0.29) is 0 Å². The van der Waals surface area contributed by atoms with Crippen LogP contribution < -0.4 is 10.6 Å². The number of para-hydroxylation sites is 1. The molecule has 0 fully saturated rings. The van der Waals surface area contributed by atoms with Gasteiger partial charge in [-0.3, -0.25) is 0 Å². The number of nitrogens with zero attached hydrogens (tertiary/aromatic N) is 1. The molecule has 1 unspecified atom stereocenters. The summed E-state index contributed by atoms with van der Waals surface area (Å²) in [7, 11) is 0. The van der Waals surface area contributed by atoms with Gasteiger partial charge in [-0.15, -0.1) is 0 Å². The first-order chi connectivity index (χ1) is 8.66. The number of halogens is 1. The lowest BCUT2D eigenvalue weighted by atomic mass is 10.1. The topological polar surface area (TPSA) is 29.3 Å². The van der Waals surface area contributed by atoms with Gasteiger partial charge < -0.3 is 10.6 Å². The summed E-state index contributed by atoms with van der Waals surface area (Å²) in [5.41, 5.74) is 10.5. The van der Waals surface area contributed by atoms with Gasteiger partial charge in [-0.05, 0) is 43.2 Å². The highest BCUT2D eigenvalue weighted by atomic mass is 35.5.